The van der Waals surface area contributed by atoms with Gasteiger partial charge in [-0.3, -0.25) is 9.32 Å². The highest BCUT2D eigenvalue weighted by Gasteiger charge is 2.29. The minimum atomic E-state index is -4.48. The van der Waals surface area contributed by atoms with Crippen LogP contribution in [-0.4, -0.2) is 40.7 Å². The van der Waals surface area contributed by atoms with Crippen LogP contribution in [0.2, 0.25) is 0 Å². The standard InChI is InChI=1S/C12H25O7P/c1-5-12(4,6-10(13)14)9-18-7-11(2,3)8-19-20(15,16)17/h5-9H2,1-4H3,(H,13,14)(H2,15,16,17). The SMILES string of the molecule is CCC(C)(COCC(C)(C)COP(=O)(O)O)CC(=O)O. The first-order chi connectivity index (χ1) is 8.89. The number of hydrogen-bond donors (Lipinski definition) is 3. The number of hydrogen-bond acceptors (Lipinski definition) is 4. The predicted octanol–water partition coefficient (Wildman–Crippen LogP) is 2.03. The molecular formula is C12H25O7P. The number of carboxylic acid groups (broad SMARTS) is 1. The summed E-state index contributed by atoms with van der Waals surface area (Å²) in [6.45, 7) is 7.59. The number of phosphoric acid groups is 1. The average Bonchev–Trinajstić information content (AvgIpc) is 2.24. The van der Waals surface area contributed by atoms with Gasteiger partial charge in [0.05, 0.1) is 26.2 Å². The van der Waals surface area contributed by atoms with Crippen LogP contribution in [0.3, 0.4) is 0 Å². The van der Waals surface area contributed by atoms with E-state index < -0.39 is 24.6 Å². The Morgan fingerprint density at radius 1 is 1.15 bits per heavy atom. The molecule has 3 N–H and O–H groups in total. The lowest BCUT2D eigenvalue weighted by Gasteiger charge is -2.29. The van der Waals surface area contributed by atoms with Gasteiger partial charge in [-0.2, -0.15) is 0 Å². The van der Waals surface area contributed by atoms with Crippen molar-refractivity contribution in [3.63, 3.8) is 0 Å². The molecule has 1 unspecified atom stereocenters. The number of aliphatic carboxylic acids is 1. The molecule has 0 fully saturated rings. The summed E-state index contributed by atoms with van der Waals surface area (Å²) in [6.07, 6.45) is 0.682. The molecule has 1 atom stereocenters. The Morgan fingerprint density at radius 2 is 1.70 bits per heavy atom. The van der Waals surface area contributed by atoms with Crippen molar-refractivity contribution in [1.29, 1.82) is 0 Å². The molecule has 0 aliphatic carbocycles. The Morgan fingerprint density at radius 3 is 2.10 bits per heavy atom. The second-order valence-corrected chi connectivity index (χ2v) is 7.40. The molecule has 0 heterocycles. The largest absolute Gasteiger partial charge is 0.481 e. The van der Waals surface area contributed by atoms with E-state index in [0.717, 1.165) is 0 Å². The third-order valence-corrected chi connectivity index (χ3v) is 3.46. The highest BCUT2D eigenvalue weighted by Crippen LogP contribution is 2.38. The molecule has 0 aliphatic rings. The molecule has 0 amide bonds. The number of carbonyl (C=O) groups is 1. The van der Waals surface area contributed by atoms with Crippen LogP contribution in [0.4, 0.5) is 0 Å². The lowest BCUT2D eigenvalue weighted by molar-refractivity contribution is -0.141. The molecule has 20 heavy (non-hydrogen) atoms. The molecule has 0 bridgehead atoms. The molecule has 0 spiro atoms. The number of carboxylic acids is 1. The maximum absolute atomic E-state index is 10.8. The number of phosphoric ester groups is 1. The molecule has 0 saturated carbocycles. The Labute approximate surface area is 119 Å². The van der Waals surface area contributed by atoms with Gasteiger partial charge in [0.2, 0.25) is 0 Å². The zero-order valence-corrected chi connectivity index (χ0v) is 13.4. The second kappa shape index (κ2) is 7.52. The molecule has 0 aromatic heterocycles. The van der Waals surface area contributed by atoms with E-state index in [9.17, 15) is 9.36 Å². The van der Waals surface area contributed by atoms with Crippen molar-refractivity contribution in [2.75, 3.05) is 19.8 Å². The smallest absolute Gasteiger partial charge is 0.469 e. The fourth-order valence-electron chi connectivity index (χ4n) is 1.52. The van der Waals surface area contributed by atoms with E-state index in [2.05, 4.69) is 4.52 Å². The van der Waals surface area contributed by atoms with Gasteiger partial charge in [0.25, 0.3) is 0 Å². The van der Waals surface area contributed by atoms with Crippen LogP contribution < -0.4 is 0 Å². The summed E-state index contributed by atoms with van der Waals surface area (Å²) < 4.78 is 20.6. The molecule has 0 aromatic rings. The summed E-state index contributed by atoms with van der Waals surface area (Å²) >= 11 is 0. The van der Waals surface area contributed by atoms with Crippen LogP contribution >= 0.6 is 7.82 Å². The van der Waals surface area contributed by atoms with Gasteiger partial charge in [0.1, 0.15) is 0 Å². The molecule has 0 saturated heterocycles. The first kappa shape index (κ1) is 19.5. The Kier molecular flexibility index (Phi) is 7.35. The minimum absolute atomic E-state index is 0.0168. The van der Waals surface area contributed by atoms with Crippen molar-refractivity contribution in [3.8, 4) is 0 Å². The van der Waals surface area contributed by atoms with Crippen molar-refractivity contribution in [1.82, 2.24) is 0 Å². The zero-order chi connectivity index (χ0) is 16.0. The normalized spacial score (nSPS) is 15.9. The highest BCUT2D eigenvalue weighted by molar-refractivity contribution is 7.46. The van der Waals surface area contributed by atoms with Crippen molar-refractivity contribution in [2.24, 2.45) is 10.8 Å². The van der Waals surface area contributed by atoms with Gasteiger partial charge < -0.3 is 19.6 Å². The molecule has 0 aromatic carbocycles. The molecule has 0 rings (SSSR count). The van der Waals surface area contributed by atoms with Gasteiger partial charge in [0, 0.05) is 10.8 Å². The highest BCUT2D eigenvalue weighted by atomic mass is 31.2. The summed E-state index contributed by atoms with van der Waals surface area (Å²) in [4.78, 5) is 28.1. The Bertz CT molecular complexity index is 363. The first-order valence-corrected chi connectivity index (χ1v) is 7.92. The lowest BCUT2D eigenvalue weighted by atomic mass is 9.85. The van der Waals surface area contributed by atoms with E-state index >= 15 is 0 Å². The molecule has 7 nitrogen and oxygen atoms in total. The van der Waals surface area contributed by atoms with Crippen LogP contribution in [0.1, 0.15) is 40.5 Å². The fourth-order valence-corrected chi connectivity index (χ4v) is 2.04. The van der Waals surface area contributed by atoms with E-state index in [1.807, 2.05) is 13.8 Å². The zero-order valence-electron chi connectivity index (χ0n) is 12.5. The van der Waals surface area contributed by atoms with Crippen molar-refractivity contribution in [2.45, 2.75) is 40.5 Å². The van der Waals surface area contributed by atoms with Gasteiger partial charge in [-0.15, -0.1) is 0 Å². The topological polar surface area (TPSA) is 113 Å². The molecule has 0 aliphatic heterocycles. The van der Waals surface area contributed by atoms with Gasteiger partial charge in [0.15, 0.2) is 0 Å². The monoisotopic (exact) mass is 312 g/mol. The molecule has 0 radical (unpaired) electrons. The average molecular weight is 312 g/mol. The summed E-state index contributed by atoms with van der Waals surface area (Å²) in [5.41, 5.74) is -1.02. The lowest BCUT2D eigenvalue weighted by Crippen LogP contribution is -2.31. The van der Waals surface area contributed by atoms with Gasteiger partial charge >= 0.3 is 13.8 Å². The minimum Gasteiger partial charge on any atom is -0.481 e. The maximum atomic E-state index is 10.8. The third-order valence-electron chi connectivity index (χ3n) is 3.00. The summed E-state index contributed by atoms with van der Waals surface area (Å²) in [5.74, 6) is -0.873. The van der Waals surface area contributed by atoms with Crippen LogP contribution in [0.25, 0.3) is 0 Å². The van der Waals surface area contributed by atoms with Gasteiger partial charge in [-0.25, -0.2) is 4.57 Å². The van der Waals surface area contributed by atoms with Crippen molar-refractivity contribution >= 4 is 13.8 Å². The first-order valence-electron chi connectivity index (χ1n) is 6.39. The van der Waals surface area contributed by atoms with Gasteiger partial charge in [-0.05, 0) is 6.42 Å². The van der Waals surface area contributed by atoms with Crippen LogP contribution in [-0.2, 0) is 18.6 Å². The number of ether oxygens (including phenoxy) is 1. The summed E-state index contributed by atoms with van der Waals surface area (Å²) in [5, 5.41) is 8.85. The maximum Gasteiger partial charge on any atom is 0.469 e. The Balaban J connectivity index is 4.25. The molecule has 8 heteroatoms. The van der Waals surface area contributed by atoms with Gasteiger partial charge in [-0.1, -0.05) is 27.7 Å². The van der Waals surface area contributed by atoms with Crippen LogP contribution in [0, 0.1) is 10.8 Å². The fraction of sp³-hybridized carbons (Fsp3) is 0.917. The van der Waals surface area contributed by atoms with Crippen molar-refractivity contribution < 1.29 is 33.5 Å². The summed E-state index contributed by atoms with van der Waals surface area (Å²) in [7, 11) is -4.48. The third kappa shape index (κ3) is 9.44. The van der Waals surface area contributed by atoms with E-state index in [0.29, 0.717) is 6.42 Å². The second-order valence-electron chi connectivity index (χ2n) is 6.16. The quantitative estimate of drug-likeness (QED) is 0.529. The Hall–Kier alpha value is -0.460. The summed E-state index contributed by atoms with van der Waals surface area (Å²) in [6, 6.07) is 0. The van der Waals surface area contributed by atoms with Crippen LogP contribution in [0.15, 0.2) is 0 Å². The number of rotatable bonds is 10. The van der Waals surface area contributed by atoms with Crippen LogP contribution in [0.5, 0.6) is 0 Å². The molecule has 120 valence electrons. The van der Waals surface area contributed by atoms with E-state index in [1.165, 1.54) is 0 Å². The predicted molar refractivity (Wildman–Crippen MR) is 73.2 cm³/mol. The van der Waals surface area contributed by atoms with E-state index in [1.54, 1.807) is 13.8 Å². The molecular weight excluding hydrogens is 287 g/mol. The van der Waals surface area contributed by atoms with Crippen molar-refractivity contribution in [3.05, 3.63) is 0 Å². The van der Waals surface area contributed by atoms with E-state index in [-0.39, 0.29) is 26.2 Å². The van der Waals surface area contributed by atoms with E-state index in [4.69, 9.17) is 19.6 Å².